The molecule has 2 rings (SSSR count). The van der Waals surface area contributed by atoms with Crippen LogP contribution in [-0.4, -0.2) is 49.6 Å². The highest BCUT2D eigenvalue weighted by molar-refractivity contribution is 5.55. The van der Waals surface area contributed by atoms with Crippen LogP contribution in [0.1, 0.15) is 0 Å². The number of methoxy groups -OCH3 is 1. The van der Waals surface area contributed by atoms with Gasteiger partial charge in [0.1, 0.15) is 5.82 Å². The number of morpholine rings is 1. The summed E-state index contributed by atoms with van der Waals surface area (Å²) in [4.78, 5) is 6.33. The van der Waals surface area contributed by atoms with Crippen molar-refractivity contribution in [3.63, 3.8) is 0 Å². The average Bonchev–Trinajstić information content (AvgIpc) is 2.39. The van der Waals surface area contributed by atoms with E-state index in [0.717, 1.165) is 5.82 Å². The van der Waals surface area contributed by atoms with E-state index in [1.807, 2.05) is 11.0 Å². The molecule has 1 unspecified atom stereocenters. The number of ether oxygens (including phenoxy) is 2. The fraction of sp³-hybridized carbons (Fsp3) is 0.545. The molecule has 1 aromatic rings. The molecular formula is C11H17N3O3. The van der Waals surface area contributed by atoms with Gasteiger partial charge in [-0.15, -0.1) is 0 Å². The molecule has 3 N–H and O–H groups in total. The Labute approximate surface area is 100.0 Å². The highest BCUT2D eigenvalue weighted by Gasteiger charge is 2.24. The Morgan fingerprint density at radius 3 is 3.18 bits per heavy atom. The number of aliphatic hydroxyl groups is 1. The number of anilines is 2. The van der Waals surface area contributed by atoms with Crippen LogP contribution in [0, 0.1) is 0 Å². The maximum absolute atomic E-state index is 9.30. The van der Waals surface area contributed by atoms with Gasteiger partial charge in [0.15, 0.2) is 0 Å². The van der Waals surface area contributed by atoms with Gasteiger partial charge in [-0.2, -0.15) is 4.98 Å². The van der Waals surface area contributed by atoms with Crippen LogP contribution in [-0.2, 0) is 4.74 Å². The first-order chi connectivity index (χ1) is 8.26. The molecule has 0 radical (unpaired) electrons. The molecule has 1 atom stereocenters. The summed E-state index contributed by atoms with van der Waals surface area (Å²) >= 11 is 0. The first kappa shape index (κ1) is 11.9. The minimum Gasteiger partial charge on any atom is -0.479 e. The standard InChI is InChI=1S/C11H17N3O3/c1-16-11-9(12)2-3-10(13-11)14-4-5-17-7-8(14)6-15/h2-3,8,15H,4-7,12H2,1H3. The van der Waals surface area contributed by atoms with E-state index in [1.54, 1.807) is 6.07 Å². The molecule has 0 saturated carbocycles. The smallest absolute Gasteiger partial charge is 0.238 e. The summed E-state index contributed by atoms with van der Waals surface area (Å²) in [5.74, 6) is 1.16. The number of pyridine rings is 1. The summed E-state index contributed by atoms with van der Waals surface area (Å²) in [5.41, 5.74) is 6.22. The molecule has 0 spiro atoms. The number of aliphatic hydroxyl groups excluding tert-OH is 1. The lowest BCUT2D eigenvalue weighted by Crippen LogP contribution is -2.48. The van der Waals surface area contributed by atoms with E-state index in [-0.39, 0.29) is 12.6 Å². The predicted molar refractivity (Wildman–Crippen MR) is 64.2 cm³/mol. The van der Waals surface area contributed by atoms with Crippen molar-refractivity contribution >= 4 is 11.5 Å². The molecule has 1 aromatic heterocycles. The number of hydrogen-bond donors (Lipinski definition) is 2. The lowest BCUT2D eigenvalue weighted by atomic mass is 10.2. The van der Waals surface area contributed by atoms with E-state index in [9.17, 15) is 5.11 Å². The van der Waals surface area contributed by atoms with Crippen LogP contribution >= 0.6 is 0 Å². The zero-order valence-electron chi connectivity index (χ0n) is 9.80. The van der Waals surface area contributed by atoms with Gasteiger partial charge in [0.25, 0.3) is 0 Å². The lowest BCUT2D eigenvalue weighted by molar-refractivity contribution is 0.0722. The van der Waals surface area contributed by atoms with Gasteiger partial charge in [-0.05, 0) is 12.1 Å². The van der Waals surface area contributed by atoms with Gasteiger partial charge in [-0.3, -0.25) is 0 Å². The average molecular weight is 239 g/mol. The highest BCUT2D eigenvalue weighted by atomic mass is 16.5. The Morgan fingerprint density at radius 2 is 2.47 bits per heavy atom. The minimum atomic E-state index is -0.0652. The first-order valence-corrected chi connectivity index (χ1v) is 5.52. The monoisotopic (exact) mass is 239 g/mol. The lowest BCUT2D eigenvalue weighted by Gasteiger charge is -2.35. The highest BCUT2D eigenvalue weighted by Crippen LogP contribution is 2.24. The molecule has 6 heteroatoms. The summed E-state index contributed by atoms with van der Waals surface area (Å²) in [6.45, 7) is 1.87. The van der Waals surface area contributed by atoms with Crippen LogP contribution in [0.25, 0.3) is 0 Å². The third kappa shape index (κ3) is 2.42. The molecule has 17 heavy (non-hydrogen) atoms. The Balaban J connectivity index is 2.25. The van der Waals surface area contributed by atoms with Crippen LogP contribution < -0.4 is 15.4 Å². The Hall–Kier alpha value is -1.53. The van der Waals surface area contributed by atoms with Crippen LogP contribution in [0.2, 0.25) is 0 Å². The van der Waals surface area contributed by atoms with Gasteiger partial charge in [0, 0.05) is 6.54 Å². The van der Waals surface area contributed by atoms with Crippen molar-refractivity contribution in [3.8, 4) is 5.88 Å². The van der Waals surface area contributed by atoms with Crippen molar-refractivity contribution in [3.05, 3.63) is 12.1 Å². The van der Waals surface area contributed by atoms with Crippen LogP contribution in [0.4, 0.5) is 11.5 Å². The van der Waals surface area contributed by atoms with Gasteiger partial charge in [0.2, 0.25) is 5.88 Å². The molecule has 0 bridgehead atoms. The van der Waals surface area contributed by atoms with Gasteiger partial charge in [-0.1, -0.05) is 0 Å². The summed E-state index contributed by atoms with van der Waals surface area (Å²) in [6.07, 6.45) is 0. The number of rotatable bonds is 3. The van der Waals surface area contributed by atoms with Crippen molar-refractivity contribution in [2.24, 2.45) is 0 Å². The largest absolute Gasteiger partial charge is 0.479 e. The van der Waals surface area contributed by atoms with Gasteiger partial charge in [0.05, 0.1) is 38.7 Å². The van der Waals surface area contributed by atoms with E-state index in [0.29, 0.717) is 31.3 Å². The second kappa shape index (κ2) is 5.20. The van der Waals surface area contributed by atoms with Gasteiger partial charge >= 0.3 is 0 Å². The molecule has 1 fully saturated rings. The number of aromatic nitrogens is 1. The molecule has 6 nitrogen and oxygen atoms in total. The molecule has 1 aliphatic heterocycles. The minimum absolute atomic E-state index is 0.0361. The maximum Gasteiger partial charge on any atom is 0.238 e. The quantitative estimate of drug-likeness (QED) is 0.764. The van der Waals surface area contributed by atoms with Crippen molar-refractivity contribution < 1.29 is 14.6 Å². The third-order valence-corrected chi connectivity index (χ3v) is 2.80. The number of nitrogens with zero attached hydrogens (tertiary/aromatic N) is 2. The van der Waals surface area contributed by atoms with E-state index < -0.39 is 0 Å². The molecule has 2 heterocycles. The van der Waals surface area contributed by atoms with Crippen molar-refractivity contribution in [1.82, 2.24) is 4.98 Å². The van der Waals surface area contributed by atoms with E-state index in [1.165, 1.54) is 7.11 Å². The molecule has 94 valence electrons. The zero-order valence-corrected chi connectivity index (χ0v) is 9.80. The van der Waals surface area contributed by atoms with E-state index in [4.69, 9.17) is 15.2 Å². The Morgan fingerprint density at radius 1 is 1.65 bits per heavy atom. The summed E-state index contributed by atoms with van der Waals surface area (Å²) in [5, 5.41) is 9.30. The zero-order chi connectivity index (χ0) is 12.3. The second-order valence-corrected chi connectivity index (χ2v) is 3.87. The van der Waals surface area contributed by atoms with Crippen LogP contribution in [0.5, 0.6) is 5.88 Å². The molecular weight excluding hydrogens is 222 g/mol. The molecule has 0 aromatic carbocycles. The Kier molecular flexibility index (Phi) is 3.65. The first-order valence-electron chi connectivity index (χ1n) is 5.52. The third-order valence-electron chi connectivity index (χ3n) is 2.80. The summed E-state index contributed by atoms with van der Waals surface area (Å²) in [6, 6.07) is 3.52. The van der Waals surface area contributed by atoms with Crippen LogP contribution in [0.3, 0.4) is 0 Å². The number of hydrogen-bond acceptors (Lipinski definition) is 6. The fourth-order valence-electron chi connectivity index (χ4n) is 1.87. The maximum atomic E-state index is 9.30. The SMILES string of the molecule is COc1nc(N2CCOCC2CO)ccc1N. The predicted octanol–water partition coefficient (Wildman–Crippen LogP) is -0.130. The van der Waals surface area contributed by atoms with Crippen molar-refractivity contribution in [2.75, 3.05) is 44.1 Å². The van der Waals surface area contributed by atoms with Gasteiger partial charge in [-0.25, -0.2) is 0 Å². The van der Waals surface area contributed by atoms with E-state index >= 15 is 0 Å². The van der Waals surface area contributed by atoms with Crippen LogP contribution in [0.15, 0.2) is 12.1 Å². The van der Waals surface area contributed by atoms with E-state index in [2.05, 4.69) is 4.98 Å². The number of nitrogen functional groups attached to an aromatic ring is 1. The van der Waals surface area contributed by atoms with Crippen molar-refractivity contribution in [2.45, 2.75) is 6.04 Å². The topological polar surface area (TPSA) is 80.8 Å². The molecule has 0 amide bonds. The summed E-state index contributed by atoms with van der Waals surface area (Å²) < 4.78 is 10.4. The normalized spacial score (nSPS) is 20.4. The molecule has 1 aliphatic rings. The fourth-order valence-corrected chi connectivity index (χ4v) is 1.87. The molecule has 0 aliphatic carbocycles. The van der Waals surface area contributed by atoms with Crippen molar-refractivity contribution in [1.29, 1.82) is 0 Å². The number of nitrogens with two attached hydrogens (primary N) is 1. The Bertz CT molecular complexity index is 386. The van der Waals surface area contributed by atoms with Gasteiger partial charge < -0.3 is 25.2 Å². The summed E-state index contributed by atoms with van der Waals surface area (Å²) in [7, 11) is 1.53. The molecule has 1 saturated heterocycles. The second-order valence-electron chi connectivity index (χ2n) is 3.87.